The third-order valence-corrected chi connectivity index (χ3v) is 4.08. The first-order valence-electron chi connectivity index (χ1n) is 10.1. The number of aliphatic imine (C=N–C) groups is 1. The first-order valence-corrected chi connectivity index (χ1v) is 10.1. The summed E-state index contributed by atoms with van der Waals surface area (Å²) in [7, 11) is 1.69. The third-order valence-electron chi connectivity index (χ3n) is 4.08. The summed E-state index contributed by atoms with van der Waals surface area (Å²) < 4.78 is 16.3. The van der Waals surface area contributed by atoms with Crippen LogP contribution in [0.1, 0.15) is 33.6 Å². The lowest BCUT2D eigenvalue weighted by molar-refractivity contribution is -0.0261. The summed E-state index contributed by atoms with van der Waals surface area (Å²) in [6.07, 6.45) is 2.28. The van der Waals surface area contributed by atoms with Crippen LogP contribution in [0.2, 0.25) is 0 Å². The monoisotopic (exact) mass is 500 g/mol. The lowest BCUT2D eigenvalue weighted by Crippen LogP contribution is -2.46. The van der Waals surface area contributed by atoms with Crippen molar-refractivity contribution in [2.75, 3.05) is 72.8 Å². The van der Waals surface area contributed by atoms with E-state index >= 15 is 0 Å². The fourth-order valence-electron chi connectivity index (χ4n) is 2.89. The van der Waals surface area contributed by atoms with Gasteiger partial charge in [0.1, 0.15) is 0 Å². The summed E-state index contributed by atoms with van der Waals surface area (Å²) in [6, 6.07) is 0. The highest BCUT2D eigenvalue weighted by Gasteiger charge is 2.20. The van der Waals surface area contributed by atoms with E-state index in [4.69, 9.17) is 19.2 Å². The van der Waals surface area contributed by atoms with Gasteiger partial charge in [0, 0.05) is 46.4 Å². The summed E-state index contributed by atoms with van der Waals surface area (Å²) in [4.78, 5) is 7.19. The van der Waals surface area contributed by atoms with Crippen LogP contribution in [-0.4, -0.2) is 89.8 Å². The largest absolute Gasteiger partial charge is 0.382 e. The molecule has 0 aromatic heterocycles. The Morgan fingerprint density at radius 3 is 2.74 bits per heavy atom. The molecule has 1 rings (SSSR count). The highest BCUT2D eigenvalue weighted by molar-refractivity contribution is 14.0. The van der Waals surface area contributed by atoms with E-state index in [2.05, 4.69) is 36.3 Å². The minimum Gasteiger partial charge on any atom is -0.382 e. The zero-order valence-electron chi connectivity index (χ0n) is 17.7. The Morgan fingerprint density at radius 2 is 2.04 bits per heavy atom. The number of methoxy groups -OCH3 is 1. The van der Waals surface area contributed by atoms with Crippen LogP contribution in [-0.2, 0) is 14.2 Å². The van der Waals surface area contributed by atoms with Crippen molar-refractivity contribution in [3.8, 4) is 0 Å². The fourth-order valence-corrected chi connectivity index (χ4v) is 2.89. The second kappa shape index (κ2) is 17.9. The third kappa shape index (κ3) is 14.5. The van der Waals surface area contributed by atoms with Gasteiger partial charge in [0.25, 0.3) is 0 Å². The minimum atomic E-state index is 0. The van der Waals surface area contributed by atoms with E-state index in [9.17, 15) is 0 Å². The predicted molar refractivity (Wildman–Crippen MR) is 122 cm³/mol. The van der Waals surface area contributed by atoms with Gasteiger partial charge in [-0.05, 0) is 25.7 Å². The molecule has 0 bridgehead atoms. The fraction of sp³-hybridized carbons (Fsp3) is 0.947. The van der Waals surface area contributed by atoms with Crippen LogP contribution in [0, 0.1) is 5.92 Å². The number of ether oxygens (including phenoxy) is 3. The molecular weight excluding hydrogens is 459 g/mol. The maximum atomic E-state index is 5.88. The molecule has 0 aliphatic carbocycles. The molecule has 0 radical (unpaired) electrons. The van der Waals surface area contributed by atoms with Crippen molar-refractivity contribution in [1.82, 2.24) is 15.5 Å². The summed E-state index contributed by atoms with van der Waals surface area (Å²) in [5.74, 6) is 1.56. The SMILES string of the molecule is CCNC(=NCC1CN(CC(C)C)CCO1)NCCCCOCCOC.I. The van der Waals surface area contributed by atoms with Crippen LogP contribution in [0.4, 0.5) is 0 Å². The van der Waals surface area contributed by atoms with Crippen LogP contribution in [0.5, 0.6) is 0 Å². The van der Waals surface area contributed by atoms with Crippen LogP contribution in [0.15, 0.2) is 4.99 Å². The van der Waals surface area contributed by atoms with Crippen molar-refractivity contribution in [2.24, 2.45) is 10.9 Å². The molecule has 0 aromatic carbocycles. The van der Waals surface area contributed by atoms with Crippen molar-refractivity contribution in [1.29, 1.82) is 0 Å². The van der Waals surface area contributed by atoms with Gasteiger partial charge < -0.3 is 24.8 Å². The average Bonchev–Trinajstić information content (AvgIpc) is 2.61. The van der Waals surface area contributed by atoms with Gasteiger partial charge in [-0.3, -0.25) is 9.89 Å². The number of unbranched alkanes of at least 4 members (excludes halogenated alkanes) is 1. The van der Waals surface area contributed by atoms with Gasteiger partial charge in [-0.2, -0.15) is 0 Å². The maximum absolute atomic E-state index is 5.88. The van der Waals surface area contributed by atoms with Gasteiger partial charge in [0.2, 0.25) is 0 Å². The van der Waals surface area contributed by atoms with E-state index in [1.165, 1.54) is 0 Å². The van der Waals surface area contributed by atoms with E-state index in [1.54, 1.807) is 7.11 Å². The van der Waals surface area contributed by atoms with Gasteiger partial charge >= 0.3 is 0 Å². The summed E-state index contributed by atoms with van der Waals surface area (Å²) in [5.41, 5.74) is 0. The molecule has 0 aromatic rings. The summed E-state index contributed by atoms with van der Waals surface area (Å²) in [5, 5.41) is 6.70. The normalized spacial score (nSPS) is 18.4. The number of hydrogen-bond donors (Lipinski definition) is 2. The Kier molecular flexibility index (Phi) is 17.8. The number of hydrogen-bond acceptors (Lipinski definition) is 5. The molecule has 162 valence electrons. The number of nitrogens with zero attached hydrogens (tertiary/aromatic N) is 2. The molecule has 0 saturated carbocycles. The molecule has 0 spiro atoms. The second-order valence-corrected chi connectivity index (χ2v) is 7.10. The standard InChI is InChI=1S/C19H40N4O3.HI/c1-5-20-19(21-8-6-7-10-25-13-12-24-4)22-14-18-16-23(9-11-26-18)15-17(2)3;/h17-18H,5-16H2,1-4H3,(H2,20,21,22);1H. The van der Waals surface area contributed by atoms with Gasteiger partial charge in [-0.15, -0.1) is 24.0 Å². The smallest absolute Gasteiger partial charge is 0.191 e. The topological polar surface area (TPSA) is 67.4 Å². The molecule has 0 amide bonds. The van der Waals surface area contributed by atoms with Gasteiger partial charge in [-0.1, -0.05) is 13.8 Å². The molecular formula is C19H41IN4O3. The van der Waals surface area contributed by atoms with Crippen molar-refractivity contribution < 1.29 is 14.2 Å². The lowest BCUT2D eigenvalue weighted by Gasteiger charge is -2.33. The number of halogens is 1. The Morgan fingerprint density at radius 1 is 1.22 bits per heavy atom. The molecule has 1 atom stereocenters. The van der Waals surface area contributed by atoms with E-state index in [0.29, 0.717) is 25.7 Å². The van der Waals surface area contributed by atoms with E-state index in [0.717, 1.165) is 64.7 Å². The zero-order valence-corrected chi connectivity index (χ0v) is 20.0. The van der Waals surface area contributed by atoms with Gasteiger partial charge in [0.15, 0.2) is 5.96 Å². The molecule has 1 saturated heterocycles. The average molecular weight is 500 g/mol. The number of rotatable bonds is 13. The zero-order chi connectivity index (χ0) is 19.0. The molecule has 7 nitrogen and oxygen atoms in total. The number of morpholine rings is 1. The molecule has 1 fully saturated rings. The maximum Gasteiger partial charge on any atom is 0.191 e. The quantitative estimate of drug-likeness (QED) is 0.175. The Bertz CT molecular complexity index is 373. The van der Waals surface area contributed by atoms with E-state index in [-0.39, 0.29) is 30.1 Å². The summed E-state index contributed by atoms with van der Waals surface area (Å²) in [6.45, 7) is 15.1. The van der Waals surface area contributed by atoms with Crippen molar-refractivity contribution in [3.05, 3.63) is 0 Å². The van der Waals surface area contributed by atoms with Crippen molar-refractivity contribution in [2.45, 2.75) is 39.7 Å². The highest BCUT2D eigenvalue weighted by atomic mass is 127. The van der Waals surface area contributed by atoms with Crippen LogP contribution in [0.3, 0.4) is 0 Å². The first kappa shape index (κ1) is 26.8. The number of guanidine groups is 1. The van der Waals surface area contributed by atoms with Crippen molar-refractivity contribution >= 4 is 29.9 Å². The Balaban J connectivity index is 0.00000676. The Hall–Kier alpha value is -0.160. The van der Waals surface area contributed by atoms with Crippen LogP contribution >= 0.6 is 24.0 Å². The van der Waals surface area contributed by atoms with E-state index < -0.39 is 0 Å². The molecule has 1 unspecified atom stereocenters. The van der Waals surface area contributed by atoms with E-state index in [1.807, 2.05) is 0 Å². The predicted octanol–water partition coefficient (Wildman–Crippen LogP) is 1.96. The minimum absolute atomic E-state index is 0. The van der Waals surface area contributed by atoms with Gasteiger partial charge in [0.05, 0.1) is 32.5 Å². The molecule has 2 N–H and O–H groups in total. The summed E-state index contributed by atoms with van der Waals surface area (Å²) >= 11 is 0. The Labute approximate surface area is 183 Å². The molecule has 1 aliphatic heterocycles. The van der Waals surface area contributed by atoms with Crippen LogP contribution < -0.4 is 10.6 Å². The molecule has 27 heavy (non-hydrogen) atoms. The molecule has 1 aliphatic rings. The highest BCUT2D eigenvalue weighted by Crippen LogP contribution is 2.08. The second-order valence-electron chi connectivity index (χ2n) is 7.10. The lowest BCUT2D eigenvalue weighted by atomic mass is 10.2. The molecule has 1 heterocycles. The van der Waals surface area contributed by atoms with Crippen molar-refractivity contribution in [3.63, 3.8) is 0 Å². The van der Waals surface area contributed by atoms with Gasteiger partial charge in [-0.25, -0.2) is 0 Å². The molecule has 8 heteroatoms. The first-order chi connectivity index (χ1) is 12.7. The van der Waals surface area contributed by atoms with Crippen LogP contribution in [0.25, 0.3) is 0 Å². The number of nitrogens with one attached hydrogen (secondary N) is 2.